The molecule has 1 N–H and O–H groups in total. The maximum Gasteiger partial charge on any atom is 0.262 e. The van der Waals surface area contributed by atoms with Crippen LogP contribution in [0.25, 0.3) is 0 Å². The molecule has 2 aromatic rings. The third kappa shape index (κ3) is 5.32. The lowest BCUT2D eigenvalue weighted by atomic mass is 10.2. The number of carbonyl (C=O) groups excluding carboxylic acids is 2. The summed E-state index contributed by atoms with van der Waals surface area (Å²) < 4.78 is 28.1. The van der Waals surface area contributed by atoms with Gasteiger partial charge in [0.2, 0.25) is 0 Å². The topological polar surface area (TPSA) is 92.8 Å². The van der Waals surface area contributed by atoms with Gasteiger partial charge in [-0.2, -0.15) is 0 Å². The molecular weight excluding hydrogens is 356 g/mol. The summed E-state index contributed by atoms with van der Waals surface area (Å²) >= 11 is 0. The molecule has 8 heteroatoms. The van der Waals surface area contributed by atoms with E-state index < -0.39 is 9.84 Å². The highest BCUT2D eigenvalue weighted by molar-refractivity contribution is 7.90. The van der Waals surface area contributed by atoms with Crippen LogP contribution in [0.2, 0.25) is 0 Å². The van der Waals surface area contributed by atoms with Crippen LogP contribution in [-0.4, -0.2) is 52.1 Å². The average molecular weight is 376 g/mol. The standard InChI is InChI=1S/C18H20N2O5S/c1-20(2)18(22)13-4-6-14(7-5-13)19-17(21)12-25-15-8-10-16(11-9-15)26(3,23)24/h4-11H,12H2,1-3H3,(H,19,21). The SMILES string of the molecule is CN(C)C(=O)c1ccc(NC(=O)COc2ccc(S(C)(=O)=O)cc2)cc1. The van der Waals surface area contributed by atoms with Gasteiger partial charge in [-0.15, -0.1) is 0 Å². The van der Waals surface area contributed by atoms with E-state index in [9.17, 15) is 18.0 Å². The van der Waals surface area contributed by atoms with E-state index in [4.69, 9.17) is 4.74 Å². The molecule has 26 heavy (non-hydrogen) atoms. The predicted octanol–water partition coefficient (Wildman–Crippen LogP) is 1.81. The molecule has 2 aromatic carbocycles. The number of carbonyl (C=O) groups is 2. The lowest BCUT2D eigenvalue weighted by Gasteiger charge is -2.11. The molecule has 0 saturated heterocycles. The Labute approximate surface area is 152 Å². The lowest BCUT2D eigenvalue weighted by molar-refractivity contribution is -0.118. The molecule has 2 amide bonds. The van der Waals surface area contributed by atoms with Gasteiger partial charge in [0.05, 0.1) is 4.90 Å². The summed E-state index contributed by atoms with van der Waals surface area (Å²) in [7, 11) is 0.0605. The smallest absolute Gasteiger partial charge is 0.262 e. The van der Waals surface area contributed by atoms with Crippen molar-refractivity contribution in [1.82, 2.24) is 4.90 Å². The van der Waals surface area contributed by atoms with E-state index in [-0.39, 0.29) is 23.3 Å². The van der Waals surface area contributed by atoms with Gasteiger partial charge in [-0.3, -0.25) is 9.59 Å². The largest absolute Gasteiger partial charge is 0.484 e. The first-order valence-corrected chi connectivity index (χ1v) is 9.60. The van der Waals surface area contributed by atoms with Crippen molar-refractivity contribution in [2.75, 3.05) is 32.3 Å². The number of anilines is 1. The van der Waals surface area contributed by atoms with Crippen LogP contribution in [0.4, 0.5) is 5.69 Å². The number of rotatable bonds is 6. The van der Waals surface area contributed by atoms with Crippen LogP contribution in [0.3, 0.4) is 0 Å². The first-order chi connectivity index (χ1) is 12.2. The number of nitrogens with one attached hydrogen (secondary N) is 1. The number of hydrogen-bond acceptors (Lipinski definition) is 5. The Morgan fingerprint density at radius 2 is 1.58 bits per heavy atom. The second kappa shape index (κ2) is 8.01. The Bertz CT molecular complexity index is 888. The van der Waals surface area contributed by atoms with Gasteiger partial charge in [-0.1, -0.05) is 0 Å². The minimum Gasteiger partial charge on any atom is -0.484 e. The number of amides is 2. The molecule has 138 valence electrons. The van der Waals surface area contributed by atoms with Gasteiger partial charge in [0.15, 0.2) is 16.4 Å². The highest BCUT2D eigenvalue weighted by atomic mass is 32.2. The van der Waals surface area contributed by atoms with E-state index >= 15 is 0 Å². The number of nitrogens with zero attached hydrogens (tertiary/aromatic N) is 1. The average Bonchev–Trinajstić information content (AvgIpc) is 2.59. The van der Waals surface area contributed by atoms with Gasteiger partial charge in [0.25, 0.3) is 11.8 Å². The molecule has 0 aromatic heterocycles. The predicted molar refractivity (Wildman–Crippen MR) is 98.1 cm³/mol. The van der Waals surface area contributed by atoms with E-state index in [1.807, 2.05) is 0 Å². The van der Waals surface area contributed by atoms with Gasteiger partial charge in [-0.25, -0.2) is 8.42 Å². The highest BCUT2D eigenvalue weighted by Crippen LogP contribution is 2.16. The fraction of sp³-hybridized carbons (Fsp3) is 0.222. The lowest BCUT2D eigenvalue weighted by Crippen LogP contribution is -2.22. The molecule has 0 spiro atoms. The zero-order chi connectivity index (χ0) is 19.3. The van der Waals surface area contributed by atoms with Gasteiger partial charge < -0.3 is 15.0 Å². The summed E-state index contributed by atoms with van der Waals surface area (Å²) in [6.07, 6.45) is 1.12. The van der Waals surface area contributed by atoms with Gasteiger partial charge in [0.1, 0.15) is 5.75 Å². The van der Waals surface area contributed by atoms with Gasteiger partial charge >= 0.3 is 0 Å². The van der Waals surface area contributed by atoms with E-state index in [0.29, 0.717) is 17.0 Å². The fourth-order valence-corrected chi connectivity index (χ4v) is 2.71. The number of hydrogen-bond donors (Lipinski definition) is 1. The maximum absolute atomic E-state index is 11.9. The van der Waals surface area contributed by atoms with E-state index in [1.165, 1.54) is 29.2 Å². The van der Waals surface area contributed by atoms with Crippen molar-refractivity contribution in [3.63, 3.8) is 0 Å². The van der Waals surface area contributed by atoms with Crippen LogP contribution in [0.5, 0.6) is 5.75 Å². The van der Waals surface area contributed by atoms with Crippen LogP contribution in [0, 0.1) is 0 Å². The minimum absolute atomic E-state index is 0.122. The third-order valence-electron chi connectivity index (χ3n) is 3.44. The first-order valence-electron chi connectivity index (χ1n) is 7.71. The number of sulfone groups is 1. The van der Waals surface area contributed by atoms with Gasteiger partial charge in [-0.05, 0) is 48.5 Å². The molecule has 0 bridgehead atoms. The van der Waals surface area contributed by atoms with Crippen molar-refractivity contribution in [1.29, 1.82) is 0 Å². The molecule has 0 fully saturated rings. The Hall–Kier alpha value is -2.87. The fourth-order valence-electron chi connectivity index (χ4n) is 2.08. The van der Waals surface area contributed by atoms with Crippen LogP contribution in [-0.2, 0) is 14.6 Å². The summed E-state index contributed by atoms with van der Waals surface area (Å²) in [5.74, 6) is -0.105. The van der Waals surface area contributed by atoms with Crippen LogP contribution in [0.15, 0.2) is 53.4 Å². The maximum atomic E-state index is 11.9. The Morgan fingerprint density at radius 3 is 2.08 bits per heavy atom. The molecule has 0 aliphatic carbocycles. The first kappa shape index (κ1) is 19.5. The molecule has 0 aliphatic heterocycles. The summed E-state index contributed by atoms with van der Waals surface area (Å²) in [5.41, 5.74) is 1.07. The molecule has 0 atom stereocenters. The van der Waals surface area contributed by atoms with Crippen LogP contribution >= 0.6 is 0 Å². The van der Waals surface area contributed by atoms with Crippen molar-refractivity contribution in [3.05, 3.63) is 54.1 Å². The van der Waals surface area contributed by atoms with Crippen LogP contribution in [0.1, 0.15) is 10.4 Å². The van der Waals surface area contributed by atoms with E-state index in [2.05, 4.69) is 5.32 Å². The summed E-state index contributed by atoms with van der Waals surface area (Å²) in [4.78, 5) is 25.4. The normalized spacial score (nSPS) is 10.9. The Balaban J connectivity index is 1.90. The van der Waals surface area contributed by atoms with E-state index in [1.54, 1.807) is 38.4 Å². The summed E-state index contributed by atoms with van der Waals surface area (Å²) in [5, 5.41) is 2.66. The second-order valence-corrected chi connectivity index (χ2v) is 7.87. The monoisotopic (exact) mass is 376 g/mol. The molecular formula is C18H20N2O5S. The van der Waals surface area contributed by atoms with Gasteiger partial charge in [0, 0.05) is 31.6 Å². The molecule has 0 heterocycles. The molecule has 7 nitrogen and oxygen atoms in total. The minimum atomic E-state index is -3.27. The third-order valence-corrected chi connectivity index (χ3v) is 4.57. The molecule has 0 saturated carbocycles. The number of ether oxygens (including phenoxy) is 1. The highest BCUT2D eigenvalue weighted by Gasteiger charge is 2.10. The van der Waals surface area contributed by atoms with Crippen molar-refractivity contribution < 1.29 is 22.7 Å². The zero-order valence-corrected chi connectivity index (χ0v) is 15.5. The second-order valence-electron chi connectivity index (χ2n) is 5.86. The van der Waals surface area contributed by atoms with Crippen molar-refractivity contribution in [3.8, 4) is 5.75 Å². The van der Waals surface area contributed by atoms with Crippen molar-refractivity contribution in [2.24, 2.45) is 0 Å². The van der Waals surface area contributed by atoms with E-state index in [0.717, 1.165) is 6.26 Å². The Morgan fingerprint density at radius 1 is 1.00 bits per heavy atom. The summed E-state index contributed by atoms with van der Waals surface area (Å²) in [6, 6.07) is 12.3. The van der Waals surface area contributed by atoms with Crippen molar-refractivity contribution in [2.45, 2.75) is 4.90 Å². The van der Waals surface area contributed by atoms with Crippen molar-refractivity contribution >= 4 is 27.3 Å². The molecule has 2 rings (SSSR count). The molecule has 0 aliphatic rings. The Kier molecular flexibility index (Phi) is 5.99. The number of benzene rings is 2. The zero-order valence-electron chi connectivity index (χ0n) is 14.7. The quantitative estimate of drug-likeness (QED) is 0.830. The molecule has 0 radical (unpaired) electrons. The molecule has 0 unspecified atom stereocenters. The summed E-state index contributed by atoms with van der Waals surface area (Å²) in [6.45, 7) is -0.226. The van der Waals surface area contributed by atoms with Crippen LogP contribution < -0.4 is 10.1 Å².